The second-order valence-electron chi connectivity index (χ2n) is 2.99. The van der Waals surface area contributed by atoms with Crippen LogP contribution in [-0.2, 0) is 9.53 Å². The van der Waals surface area contributed by atoms with Gasteiger partial charge in [-0.25, -0.2) is 0 Å². The lowest BCUT2D eigenvalue weighted by Crippen LogP contribution is -2.58. The molecule has 6 nitrogen and oxygen atoms in total. The van der Waals surface area contributed by atoms with Crippen molar-refractivity contribution in [2.75, 3.05) is 0 Å². The molecule has 0 bridgehead atoms. The standard InChI is InChI=1S/C9H8O2.ClHO4/c10-8-5-1-3-7-4-2-6-11-9(7)8;2-1(3,4)5/h1-2,4-6,9H,3H2;(H,2,3,4,5). The Kier molecular flexibility index (Phi) is 4.22. The van der Waals surface area contributed by atoms with Gasteiger partial charge < -0.3 is 4.74 Å². The largest absolute Gasteiger partial charge is 0.485 e. The van der Waals surface area contributed by atoms with Gasteiger partial charge in [-0.15, -0.1) is 0 Å². The normalized spacial score (nSPS) is 22.6. The van der Waals surface area contributed by atoms with E-state index in [1.165, 1.54) is 0 Å². The van der Waals surface area contributed by atoms with E-state index >= 15 is 0 Å². The SMILES string of the molecule is O=C1C=CCC2=CC=COC12.[O-][Cl+3]([O-])([O-])O. The summed E-state index contributed by atoms with van der Waals surface area (Å²) in [5, 5.41) is 0. The highest BCUT2D eigenvalue weighted by molar-refractivity contribution is 5.97. The zero-order valence-corrected chi connectivity index (χ0v) is 8.79. The van der Waals surface area contributed by atoms with Gasteiger partial charge in [-0.05, 0) is 24.1 Å². The third-order valence-corrected chi connectivity index (χ3v) is 1.83. The zero-order chi connectivity index (χ0) is 12.2. The number of carbonyl (C=O) groups is 1. The van der Waals surface area contributed by atoms with Crippen molar-refractivity contribution in [3.05, 3.63) is 36.1 Å². The molecule has 1 atom stereocenters. The lowest BCUT2D eigenvalue weighted by atomic mass is 9.95. The number of halogens is 1. The lowest BCUT2D eigenvalue weighted by Gasteiger charge is -2.21. The van der Waals surface area contributed by atoms with Gasteiger partial charge in [0.2, 0.25) is 0 Å². The Bertz CT molecular complexity index is 346. The summed E-state index contributed by atoms with van der Waals surface area (Å²) in [5.41, 5.74) is 1.06. The molecule has 0 amide bonds. The van der Waals surface area contributed by atoms with Crippen molar-refractivity contribution in [2.24, 2.45) is 0 Å². The zero-order valence-electron chi connectivity index (χ0n) is 8.04. The molecule has 2 aliphatic rings. The first kappa shape index (κ1) is 12.9. The average Bonchev–Trinajstić information content (AvgIpc) is 2.16. The van der Waals surface area contributed by atoms with Crippen molar-refractivity contribution in [1.82, 2.24) is 0 Å². The monoisotopic (exact) mass is 248 g/mol. The van der Waals surface area contributed by atoms with Gasteiger partial charge in [-0.3, -0.25) is 4.79 Å². The molecule has 0 spiro atoms. The maximum Gasteiger partial charge on any atom is 0.200 e. The van der Waals surface area contributed by atoms with E-state index in [1.54, 1.807) is 12.3 Å². The summed E-state index contributed by atoms with van der Waals surface area (Å²) in [6.07, 6.45) is 9.28. The van der Waals surface area contributed by atoms with Gasteiger partial charge in [0.05, 0.1) is 21.2 Å². The fourth-order valence-corrected chi connectivity index (χ4v) is 1.29. The Morgan fingerprint density at radius 2 is 2.06 bits per heavy atom. The smallest absolute Gasteiger partial charge is 0.200 e. The molecule has 1 heterocycles. The Hall–Kier alpha value is -1.18. The summed E-state index contributed by atoms with van der Waals surface area (Å²) < 4.78 is 37.9. The highest BCUT2D eigenvalue weighted by Crippen LogP contribution is 2.21. The van der Waals surface area contributed by atoms with E-state index in [9.17, 15) is 4.79 Å². The van der Waals surface area contributed by atoms with Crippen LogP contribution in [-0.4, -0.2) is 16.5 Å². The fourth-order valence-electron chi connectivity index (χ4n) is 1.29. The minimum atomic E-state index is -4.69. The summed E-state index contributed by atoms with van der Waals surface area (Å²) in [7, 11) is -4.69. The molecule has 1 N–H and O–H groups in total. The molecular formula is C9H9ClO6. The van der Waals surface area contributed by atoms with E-state index in [2.05, 4.69) is 0 Å². The molecule has 0 saturated heterocycles. The summed E-state index contributed by atoms with van der Waals surface area (Å²) >= 11 is 0. The molecule has 1 aliphatic carbocycles. The van der Waals surface area contributed by atoms with Gasteiger partial charge in [-0.1, -0.05) is 12.2 Å². The molecule has 2 rings (SSSR count). The van der Waals surface area contributed by atoms with Crippen molar-refractivity contribution < 1.29 is 38.4 Å². The summed E-state index contributed by atoms with van der Waals surface area (Å²) in [4.78, 5) is 11.1. The summed E-state index contributed by atoms with van der Waals surface area (Å²) in [6.45, 7) is 0. The van der Waals surface area contributed by atoms with Crippen LogP contribution >= 0.6 is 0 Å². The van der Waals surface area contributed by atoms with Crippen LogP contribution in [0.2, 0.25) is 0 Å². The molecule has 0 fully saturated rings. The van der Waals surface area contributed by atoms with Crippen LogP contribution in [0.5, 0.6) is 0 Å². The van der Waals surface area contributed by atoms with Crippen LogP contribution in [0.1, 0.15) is 6.42 Å². The number of fused-ring (bicyclic) bond motifs is 1. The van der Waals surface area contributed by atoms with E-state index < -0.39 is 10.2 Å². The van der Waals surface area contributed by atoms with Crippen molar-refractivity contribution in [3.63, 3.8) is 0 Å². The highest BCUT2D eigenvalue weighted by atomic mass is 35.7. The van der Waals surface area contributed by atoms with Crippen LogP contribution in [0.4, 0.5) is 0 Å². The van der Waals surface area contributed by atoms with Crippen molar-refractivity contribution >= 4 is 5.78 Å². The fraction of sp³-hybridized carbons (Fsp3) is 0.222. The second kappa shape index (κ2) is 5.24. The maximum absolute atomic E-state index is 11.1. The van der Waals surface area contributed by atoms with Crippen molar-refractivity contribution in [3.8, 4) is 0 Å². The Balaban J connectivity index is 0.000000221. The van der Waals surface area contributed by atoms with E-state index in [0.717, 1.165) is 12.0 Å². The van der Waals surface area contributed by atoms with Gasteiger partial charge in [0.25, 0.3) is 0 Å². The van der Waals surface area contributed by atoms with E-state index in [4.69, 9.17) is 23.4 Å². The molecule has 7 heteroatoms. The minimum absolute atomic E-state index is 0.0480. The quantitative estimate of drug-likeness (QED) is 0.496. The minimum Gasteiger partial charge on any atom is -0.485 e. The Morgan fingerprint density at radius 1 is 1.44 bits per heavy atom. The first-order valence-electron chi connectivity index (χ1n) is 4.22. The summed E-state index contributed by atoms with van der Waals surface area (Å²) in [6, 6.07) is 0. The first-order chi connectivity index (χ1) is 7.38. The molecule has 1 aliphatic heterocycles. The van der Waals surface area contributed by atoms with Crippen LogP contribution < -0.4 is 14.0 Å². The molecule has 0 radical (unpaired) electrons. The molecule has 0 aromatic heterocycles. The molecule has 88 valence electrons. The molecular weight excluding hydrogens is 240 g/mol. The van der Waals surface area contributed by atoms with E-state index in [0.29, 0.717) is 0 Å². The Morgan fingerprint density at radius 3 is 2.62 bits per heavy atom. The van der Waals surface area contributed by atoms with Gasteiger partial charge in [0.15, 0.2) is 11.9 Å². The molecule has 0 saturated carbocycles. The molecule has 0 aromatic carbocycles. The Labute approximate surface area is 93.5 Å². The van der Waals surface area contributed by atoms with Gasteiger partial charge >= 0.3 is 0 Å². The third kappa shape index (κ3) is 4.56. The number of hydrogen-bond acceptors (Lipinski definition) is 6. The van der Waals surface area contributed by atoms with Gasteiger partial charge in [0.1, 0.15) is 0 Å². The number of ketones is 1. The van der Waals surface area contributed by atoms with Crippen LogP contribution in [0.15, 0.2) is 36.1 Å². The number of rotatable bonds is 0. The van der Waals surface area contributed by atoms with Gasteiger partial charge in [-0.2, -0.15) is 14.0 Å². The van der Waals surface area contributed by atoms with E-state index in [-0.39, 0.29) is 11.9 Å². The van der Waals surface area contributed by atoms with Crippen LogP contribution in [0.3, 0.4) is 0 Å². The van der Waals surface area contributed by atoms with Crippen molar-refractivity contribution in [1.29, 1.82) is 0 Å². The number of carbonyl (C=O) groups excluding carboxylic acids is 1. The topological polar surface area (TPSA) is 116 Å². The van der Waals surface area contributed by atoms with Crippen LogP contribution in [0, 0.1) is 10.2 Å². The molecule has 0 aromatic rings. The number of ether oxygens (including phenoxy) is 1. The predicted octanol–water partition coefficient (Wildman–Crippen LogP) is -2.77. The van der Waals surface area contributed by atoms with Crippen LogP contribution in [0.25, 0.3) is 0 Å². The predicted molar refractivity (Wildman–Crippen MR) is 43.1 cm³/mol. The van der Waals surface area contributed by atoms with Crippen molar-refractivity contribution in [2.45, 2.75) is 12.5 Å². The van der Waals surface area contributed by atoms with Gasteiger partial charge in [0, 0.05) is 0 Å². The lowest BCUT2D eigenvalue weighted by molar-refractivity contribution is -1.92. The van der Waals surface area contributed by atoms with E-state index in [1.807, 2.05) is 18.2 Å². The third-order valence-electron chi connectivity index (χ3n) is 1.83. The highest BCUT2D eigenvalue weighted by Gasteiger charge is 2.24. The first-order valence-corrected chi connectivity index (χ1v) is 5.49. The summed E-state index contributed by atoms with van der Waals surface area (Å²) in [5.74, 6) is 0.0480. The number of hydrogen-bond donors (Lipinski definition) is 1. The average molecular weight is 249 g/mol. The second-order valence-corrected chi connectivity index (χ2v) is 3.78. The number of allylic oxidation sites excluding steroid dienone is 3. The maximum atomic E-state index is 11.1. The molecule has 16 heavy (non-hydrogen) atoms. The molecule has 1 unspecified atom stereocenters.